The third kappa shape index (κ3) is 5.26. The Morgan fingerprint density at radius 3 is 2.45 bits per heavy atom. The first kappa shape index (κ1) is 21.4. The molecule has 2 aromatic carbocycles. The van der Waals surface area contributed by atoms with Gasteiger partial charge in [-0.25, -0.2) is 8.42 Å². The van der Waals surface area contributed by atoms with Crippen molar-refractivity contribution in [2.75, 3.05) is 21.9 Å². The van der Waals surface area contributed by atoms with E-state index >= 15 is 0 Å². The Morgan fingerprint density at radius 2 is 1.84 bits per heavy atom. The van der Waals surface area contributed by atoms with Crippen molar-refractivity contribution in [3.05, 3.63) is 64.7 Å². The maximum atomic E-state index is 12.2. The fourth-order valence-electron chi connectivity index (χ4n) is 3.30. The van der Waals surface area contributed by atoms with Crippen molar-refractivity contribution in [3.8, 4) is 0 Å². The molecule has 4 rings (SSSR count). The van der Waals surface area contributed by atoms with Crippen LogP contribution in [-0.2, 0) is 14.8 Å². The maximum absolute atomic E-state index is 12.2. The predicted octanol–water partition coefficient (Wildman–Crippen LogP) is 3.42. The van der Waals surface area contributed by atoms with Gasteiger partial charge in [0.2, 0.25) is 15.9 Å². The van der Waals surface area contributed by atoms with Crippen LogP contribution in [0.1, 0.15) is 35.2 Å². The van der Waals surface area contributed by atoms with E-state index in [0.29, 0.717) is 29.9 Å². The standard InChI is InChI=1S/C22H22ClN3O4S/c23-20-14-17(7-10-19(20)22(28)25-16-5-6-16)24-21(27)11-4-15-2-8-18(9-3-15)26-12-1-13-31(26,29)30/h2-4,7-11,14,16H,1,5-6,12-13H2,(H,24,27)(H,25,28)/b11-4+. The van der Waals surface area contributed by atoms with E-state index in [1.165, 1.54) is 10.4 Å². The molecule has 0 bridgehead atoms. The number of carbonyl (C=O) groups excluding carboxylic acids is 2. The second-order valence-electron chi connectivity index (χ2n) is 7.60. The molecule has 2 aliphatic rings. The summed E-state index contributed by atoms with van der Waals surface area (Å²) in [5.41, 5.74) is 2.25. The molecule has 0 spiro atoms. The Morgan fingerprint density at radius 1 is 1.10 bits per heavy atom. The Bertz CT molecular complexity index is 1140. The Labute approximate surface area is 186 Å². The van der Waals surface area contributed by atoms with Crippen molar-refractivity contribution in [2.24, 2.45) is 0 Å². The van der Waals surface area contributed by atoms with Crippen LogP contribution in [0.15, 0.2) is 48.5 Å². The largest absolute Gasteiger partial charge is 0.349 e. The van der Waals surface area contributed by atoms with Gasteiger partial charge < -0.3 is 10.6 Å². The molecule has 1 aliphatic heterocycles. The second-order valence-corrected chi connectivity index (χ2v) is 10.0. The molecule has 0 atom stereocenters. The van der Waals surface area contributed by atoms with Crippen molar-refractivity contribution in [1.82, 2.24) is 5.32 Å². The summed E-state index contributed by atoms with van der Waals surface area (Å²) in [5.74, 6) is -0.390. The van der Waals surface area contributed by atoms with E-state index in [1.807, 2.05) is 0 Å². The predicted molar refractivity (Wildman–Crippen MR) is 122 cm³/mol. The number of halogens is 1. The van der Waals surface area contributed by atoms with Gasteiger partial charge >= 0.3 is 0 Å². The summed E-state index contributed by atoms with van der Waals surface area (Å²) in [7, 11) is -3.21. The first-order chi connectivity index (χ1) is 14.8. The molecule has 7 nitrogen and oxygen atoms in total. The van der Waals surface area contributed by atoms with Crippen molar-refractivity contribution < 1.29 is 18.0 Å². The van der Waals surface area contributed by atoms with Gasteiger partial charge in [-0.15, -0.1) is 0 Å². The highest BCUT2D eigenvalue weighted by Crippen LogP contribution is 2.25. The molecular weight excluding hydrogens is 438 g/mol. The number of hydrogen-bond donors (Lipinski definition) is 2. The topological polar surface area (TPSA) is 95.6 Å². The van der Waals surface area contributed by atoms with Gasteiger partial charge in [0.25, 0.3) is 5.91 Å². The summed E-state index contributed by atoms with van der Waals surface area (Å²) in [6.07, 6.45) is 5.62. The number of hydrogen-bond acceptors (Lipinski definition) is 4. The normalized spacial score (nSPS) is 17.6. The first-order valence-corrected chi connectivity index (χ1v) is 12.0. The minimum atomic E-state index is -3.21. The lowest BCUT2D eigenvalue weighted by Crippen LogP contribution is -2.25. The molecule has 0 radical (unpaired) electrons. The lowest BCUT2D eigenvalue weighted by Gasteiger charge is -2.16. The number of sulfonamides is 1. The monoisotopic (exact) mass is 459 g/mol. The highest BCUT2D eigenvalue weighted by atomic mass is 35.5. The van der Waals surface area contributed by atoms with Crippen molar-refractivity contribution in [1.29, 1.82) is 0 Å². The number of carbonyl (C=O) groups is 2. The smallest absolute Gasteiger partial charge is 0.253 e. The van der Waals surface area contributed by atoms with E-state index < -0.39 is 10.0 Å². The summed E-state index contributed by atoms with van der Waals surface area (Å²) < 4.78 is 25.4. The zero-order valence-corrected chi connectivity index (χ0v) is 18.2. The van der Waals surface area contributed by atoms with Crippen molar-refractivity contribution in [3.63, 3.8) is 0 Å². The van der Waals surface area contributed by atoms with Crippen LogP contribution in [-0.4, -0.2) is 38.6 Å². The van der Waals surface area contributed by atoms with Crippen LogP contribution in [0.2, 0.25) is 5.02 Å². The van der Waals surface area contributed by atoms with E-state index in [9.17, 15) is 18.0 Å². The Balaban J connectivity index is 1.36. The van der Waals surface area contributed by atoms with Gasteiger partial charge in [0, 0.05) is 24.4 Å². The average Bonchev–Trinajstić information content (AvgIpc) is 3.47. The van der Waals surface area contributed by atoms with Gasteiger partial charge in [-0.3, -0.25) is 13.9 Å². The molecule has 2 fully saturated rings. The lowest BCUT2D eigenvalue weighted by molar-refractivity contribution is -0.111. The number of benzene rings is 2. The van der Waals surface area contributed by atoms with Gasteiger partial charge in [0.05, 0.1) is 22.0 Å². The van der Waals surface area contributed by atoms with Gasteiger partial charge in [0.1, 0.15) is 0 Å². The van der Waals surface area contributed by atoms with Crippen molar-refractivity contribution in [2.45, 2.75) is 25.3 Å². The number of rotatable bonds is 6. The molecule has 0 unspecified atom stereocenters. The van der Waals surface area contributed by atoms with Crippen LogP contribution in [0, 0.1) is 0 Å². The average molecular weight is 460 g/mol. The fourth-order valence-corrected chi connectivity index (χ4v) is 5.14. The number of nitrogens with zero attached hydrogens (tertiary/aromatic N) is 1. The molecule has 1 aliphatic carbocycles. The summed E-state index contributed by atoms with van der Waals surface area (Å²) in [4.78, 5) is 24.3. The molecule has 9 heteroatoms. The van der Waals surface area contributed by atoms with E-state index in [1.54, 1.807) is 48.5 Å². The van der Waals surface area contributed by atoms with E-state index in [0.717, 1.165) is 18.4 Å². The molecule has 2 N–H and O–H groups in total. The zero-order valence-electron chi connectivity index (χ0n) is 16.7. The summed E-state index contributed by atoms with van der Waals surface area (Å²) >= 11 is 6.20. The molecule has 2 aromatic rings. The van der Waals surface area contributed by atoms with E-state index in [-0.39, 0.29) is 28.6 Å². The third-order valence-corrected chi connectivity index (χ3v) is 7.28. The highest BCUT2D eigenvalue weighted by Gasteiger charge is 2.28. The lowest BCUT2D eigenvalue weighted by atomic mass is 10.1. The Hall–Kier alpha value is -2.84. The maximum Gasteiger partial charge on any atom is 0.253 e. The highest BCUT2D eigenvalue weighted by molar-refractivity contribution is 7.93. The van der Waals surface area contributed by atoms with Crippen LogP contribution in [0.3, 0.4) is 0 Å². The Kier molecular flexibility index (Phi) is 6.02. The van der Waals surface area contributed by atoms with Crippen LogP contribution in [0.4, 0.5) is 11.4 Å². The van der Waals surface area contributed by atoms with Crippen LogP contribution in [0.25, 0.3) is 6.08 Å². The zero-order chi connectivity index (χ0) is 22.0. The summed E-state index contributed by atoms with van der Waals surface area (Å²) in [5, 5.41) is 5.86. The molecule has 1 saturated heterocycles. The van der Waals surface area contributed by atoms with E-state index in [4.69, 9.17) is 11.6 Å². The molecule has 31 heavy (non-hydrogen) atoms. The fraction of sp³-hybridized carbons (Fsp3) is 0.273. The van der Waals surface area contributed by atoms with Crippen molar-refractivity contribution >= 4 is 50.9 Å². The molecule has 0 aromatic heterocycles. The summed E-state index contributed by atoms with van der Waals surface area (Å²) in [6.45, 7) is 0.490. The minimum Gasteiger partial charge on any atom is -0.349 e. The quantitative estimate of drug-likeness (QED) is 0.647. The second kappa shape index (κ2) is 8.72. The molecule has 1 saturated carbocycles. The van der Waals surface area contributed by atoms with Gasteiger partial charge in [-0.05, 0) is 61.2 Å². The van der Waals surface area contributed by atoms with Gasteiger partial charge in [-0.1, -0.05) is 23.7 Å². The number of nitrogens with one attached hydrogen (secondary N) is 2. The van der Waals surface area contributed by atoms with E-state index in [2.05, 4.69) is 10.6 Å². The SMILES string of the molecule is O=C(/C=C/c1ccc(N2CCCS2(=O)=O)cc1)Nc1ccc(C(=O)NC2CC2)c(Cl)c1. The van der Waals surface area contributed by atoms with Gasteiger partial charge in [-0.2, -0.15) is 0 Å². The third-order valence-electron chi connectivity index (χ3n) is 5.10. The van der Waals surface area contributed by atoms with Crippen LogP contribution in [0.5, 0.6) is 0 Å². The van der Waals surface area contributed by atoms with Gasteiger partial charge in [0.15, 0.2) is 0 Å². The first-order valence-electron chi connectivity index (χ1n) is 10.0. The summed E-state index contributed by atoms with van der Waals surface area (Å²) in [6, 6.07) is 12.0. The van der Waals surface area contributed by atoms with Crippen LogP contribution >= 0.6 is 11.6 Å². The molecule has 162 valence electrons. The molecular formula is C22H22ClN3O4S. The molecule has 2 amide bonds. The van der Waals surface area contributed by atoms with Crippen LogP contribution < -0.4 is 14.9 Å². The number of anilines is 2. The molecule has 1 heterocycles. The minimum absolute atomic E-state index is 0.172. The number of amides is 2.